The molecule has 3 aliphatic rings. The number of anilines is 3. The van der Waals surface area contributed by atoms with Gasteiger partial charge in [-0.3, -0.25) is 14.4 Å². The molecule has 2 aromatic rings. The fraction of sp³-hybridized carbons (Fsp3) is 0.483. The minimum absolute atomic E-state index is 0.000445. The molecule has 1 spiro atoms. The number of carbonyl (C=O) groups is 3. The molecule has 3 amide bonds. The molecule has 3 N–H and O–H groups in total. The topological polar surface area (TPSA) is 102 Å². The van der Waals surface area contributed by atoms with E-state index in [0.29, 0.717) is 24.2 Å². The van der Waals surface area contributed by atoms with E-state index in [1.807, 2.05) is 54.6 Å². The number of rotatable bonds is 10. The van der Waals surface area contributed by atoms with Crippen molar-refractivity contribution in [2.45, 2.75) is 47.6 Å². The van der Waals surface area contributed by atoms with E-state index in [9.17, 15) is 19.5 Å². The Morgan fingerprint density at radius 2 is 1.69 bits per heavy atom. The molecule has 39 heavy (non-hydrogen) atoms. The van der Waals surface area contributed by atoms with Crippen LogP contribution in [0, 0.1) is 11.8 Å². The SMILES string of the molecule is CCN(CC)c1ccc(NC(=O)C2N(CCCO)C(=O)[C@@H]3[C@H](C(=O)Nc4ccccc4)[C@H]4SC23CC4Br)cc1. The van der Waals surface area contributed by atoms with E-state index in [0.717, 1.165) is 18.8 Å². The van der Waals surface area contributed by atoms with Crippen molar-refractivity contribution in [1.82, 2.24) is 4.90 Å². The lowest BCUT2D eigenvalue weighted by Crippen LogP contribution is -2.52. The van der Waals surface area contributed by atoms with Gasteiger partial charge in [-0.2, -0.15) is 0 Å². The molecule has 8 nitrogen and oxygen atoms in total. The van der Waals surface area contributed by atoms with Gasteiger partial charge in [0, 0.05) is 53.4 Å². The fourth-order valence-corrected chi connectivity index (χ4v) is 10.1. The number of hydrogen-bond acceptors (Lipinski definition) is 6. The third-order valence-electron chi connectivity index (χ3n) is 8.20. The predicted octanol–water partition coefficient (Wildman–Crippen LogP) is 3.96. The predicted molar refractivity (Wildman–Crippen MR) is 159 cm³/mol. The highest BCUT2D eigenvalue weighted by atomic mass is 79.9. The number of halogens is 1. The van der Waals surface area contributed by atoms with Gasteiger partial charge in [-0.05, 0) is 63.1 Å². The van der Waals surface area contributed by atoms with E-state index in [4.69, 9.17) is 0 Å². The lowest BCUT2D eigenvalue weighted by atomic mass is 9.70. The van der Waals surface area contributed by atoms with Crippen LogP contribution in [0.25, 0.3) is 0 Å². The zero-order valence-corrected chi connectivity index (χ0v) is 24.6. The summed E-state index contributed by atoms with van der Waals surface area (Å²) in [6.07, 6.45) is 0.978. The number of aliphatic hydroxyl groups is 1. The average Bonchev–Trinajstić information content (AvgIpc) is 3.52. The summed E-state index contributed by atoms with van der Waals surface area (Å²) in [5.74, 6) is -1.80. The minimum Gasteiger partial charge on any atom is -0.396 e. The highest BCUT2D eigenvalue weighted by molar-refractivity contribution is 9.09. The van der Waals surface area contributed by atoms with Crippen molar-refractivity contribution < 1.29 is 19.5 Å². The molecule has 5 rings (SSSR count). The van der Waals surface area contributed by atoms with E-state index >= 15 is 0 Å². The molecule has 2 aromatic carbocycles. The smallest absolute Gasteiger partial charge is 0.248 e. The number of thioether (sulfide) groups is 1. The Balaban J connectivity index is 1.43. The normalized spacial score (nSPS) is 28.9. The zero-order valence-electron chi connectivity index (χ0n) is 22.2. The fourth-order valence-electron chi connectivity index (χ4n) is 6.51. The number of benzene rings is 2. The summed E-state index contributed by atoms with van der Waals surface area (Å²) in [5, 5.41) is 15.5. The number of amides is 3. The third kappa shape index (κ3) is 4.95. The van der Waals surface area contributed by atoms with Crippen LogP contribution in [0.2, 0.25) is 0 Å². The number of carbonyl (C=O) groups excluding carboxylic acids is 3. The van der Waals surface area contributed by atoms with Crippen LogP contribution < -0.4 is 15.5 Å². The maximum absolute atomic E-state index is 14.0. The largest absolute Gasteiger partial charge is 0.396 e. The van der Waals surface area contributed by atoms with E-state index in [1.165, 1.54) is 0 Å². The van der Waals surface area contributed by atoms with Crippen molar-refractivity contribution in [3.63, 3.8) is 0 Å². The van der Waals surface area contributed by atoms with Gasteiger partial charge in [-0.1, -0.05) is 34.1 Å². The van der Waals surface area contributed by atoms with Crippen LogP contribution >= 0.6 is 27.7 Å². The molecule has 208 valence electrons. The molecular weight excluding hydrogens is 580 g/mol. The number of likely N-dealkylation sites (tertiary alicyclic amines) is 1. The van der Waals surface area contributed by atoms with Gasteiger partial charge in [-0.15, -0.1) is 11.8 Å². The van der Waals surface area contributed by atoms with Crippen molar-refractivity contribution in [3.05, 3.63) is 54.6 Å². The van der Waals surface area contributed by atoms with E-state index in [1.54, 1.807) is 16.7 Å². The second-order valence-corrected chi connectivity index (χ2v) is 13.1. The molecule has 10 heteroatoms. The zero-order chi connectivity index (χ0) is 27.7. The summed E-state index contributed by atoms with van der Waals surface area (Å²) in [6.45, 7) is 6.16. The van der Waals surface area contributed by atoms with Gasteiger partial charge in [0.1, 0.15) is 6.04 Å². The second kappa shape index (κ2) is 11.5. The monoisotopic (exact) mass is 614 g/mol. The first-order valence-electron chi connectivity index (χ1n) is 13.6. The van der Waals surface area contributed by atoms with Crippen molar-refractivity contribution in [2.75, 3.05) is 41.8 Å². The number of nitrogens with one attached hydrogen (secondary N) is 2. The standard InChI is InChI=1S/C29H35BrN4O4S/c1-3-33(4-2)20-13-11-19(12-14-20)32-27(37)25-29-17-21(30)24(39-29)22(23(29)28(38)34(25)15-8-16-35)26(36)31-18-9-6-5-7-10-18/h5-7,9-14,21-25,35H,3-4,8,15-17H2,1-2H3,(H,31,36)(H,32,37)/t21?,22-,23-,24-,25?,29?/m0/s1. The number of hydrogen-bond donors (Lipinski definition) is 3. The summed E-state index contributed by atoms with van der Waals surface area (Å²) in [7, 11) is 0. The first kappa shape index (κ1) is 28.0. The molecule has 3 unspecified atom stereocenters. The summed E-state index contributed by atoms with van der Waals surface area (Å²) < 4.78 is -0.727. The van der Waals surface area contributed by atoms with E-state index in [2.05, 4.69) is 45.3 Å². The Labute approximate surface area is 242 Å². The average molecular weight is 616 g/mol. The molecule has 0 aliphatic carbocycles. The van der Waals surface area contributed by atoms with Crippen LogP contribution in [0.5, 0.6) is 0 Å². The first-order valence-corrected chi connectivity index (χ1v) is 15.4. The Hall–Kier alpha value is -2.56. The maximum atomic E-state index is 14.0. The quantitative estimate of drug-likeness (QED) is 0.350. The van der Waals surface area contributed by atoms with Crippen LogP contribution in [0.1, 0.15) is 26.7 Å². The molecule has 3 saturated heterocycles. The molecule has 6 atom stereocenters. The van der Waals surface area contributed by atoms with Crippen molar-refractivity contribution in [2.24, 2.45) is 11.8 Å². The highest BCUT2D eigenvalue weighted by Gasteiger charge is 2.75. The lowest BCUT2D eigenvalue weighted by Gasteiger charge is -2.35. The number of para-hydroxylation sites is 1. The van der Waals surface area contributed by atoms with Gasteiger partial charge in [0.05, 0.1) is 16.6 Å². The summed E-state index contributed by atoms with van der Waals surface area (Å²) in [5.41, 5.74) is 2.42. The minimum atomic E-state index is -0.742. The first-order chi connectivity index (χ1) is 18.8. The maximum Gasteiger partial charge on any atom is 0.248 e. The van der Waals surface area contributed by atoms with Crippen molar-refractivity contribution in [3.8, 4) is 0 Å². The van der Waals surface area contributed by atoms with E-state index < -0.39 is 22.6 Å². The lowest BCUT2D eigenvalue weighted by molar-refractivity contribution is -0.138. The van der Waals surface area contributed by atoms with Gasteiger partial charge in [-0.25, -0.2) is 0 Å². The Bertz CT molecular complexity index is 1210. The number of aliphatic hydroxyl groups excluding tert-OH is 1. The van der Waals surface area contributed by atoms with Crippen LogP contribution in [-0.2, 0) is 14.4 Å². The van der Waals surface area contributed by atoms with Gasteiger partial charge >= 0.3 is 0 Å². The Kier molecular flexibility index (Phi) is 8.26. The highest BCUT2D eigenvalue weighted by Crippen LogP contribution is 2.67. The van der Waals surface area contributed by atoms with Crippen LogP contribution in [0.15, 0.2) is 54.6 Å². The van der Waals surface area contributed by atoms with Crippen molar-refractivity contribution >= 4 is 62.5 Å². The van der Waals surface area contributed by atoms with Crippen LogP contribution in [0.3, 0.4) is 0 Å². The molecule has 0 saturated carbocycles. The number of nitrogens with zero attached hydrogens (tertiary/aromatic N) is 2. The van der Waals surface area contributed by atoms with Gasteiger partial charge in [0.15, 0.2) is 0 Å². The van der Waals surface area contributed by atoms with Gasteiger partial charge in [0.25, 0.3) is 0 Å². The summed E-state index contributed by atoms with van der Waals surface area (Å²) >= 11 is 5.39. The number of alkyl halides is 1. The molecular formula is C29H35BrN4O4S. The molecule has 0 aromatic heterocycles. The van der Waals surface area contributed by atoms with E-state index in [-0.39, 0.29) is 41.0 Å². The molecule has 3 aliphatic heterocycles. The molecule has 3 fully saturated rings. The second-order valence-electron chi connectivity index (χ2n) is 10.3. The van der Waals surface area contributed by atoms with Gasteiger partial charge in [0.2, 0.25) is 17.7 Å². The van der Waals surface area contributed by atoms with Crippen LogP contribution in [0.4, 0.5) is 17.1 Å². The van der Waals surface area contributed by atoms with Crippen molar-refractivity contribution in [1.29, 1.82) is 0 Å². The molecule has 2 bridgehead atoms. The Morgan fingerprint density at radius 3 is 2.33 bits per heavy atom. The summed E-state index contributed by atoms with van der Waals surface area (Å²) in [4.78, 5) is 45.3. The number of fused-ring (bicyclic) bond motifs is 1. The third-order valence-corrected chi connectivity index (χ3v) is 11.4. The molecule has 3 heterocycles. The molecule has 0 radical (unpaired) electrons. The van der Waals surface area contributed by atoms with Crippen LogP contribution in [-0.4, -0.2) is 74.8 Å². The van der Waals surface area contributed by atoms with Gasteiger partial charge < -0.3 is 25.5 Å². The Morgan fingerprint density at radius 1 is 1.05 bits per heavy atom. The summed E-state index contributed by atoms with van der Waals surface area (Å²) in [6, 6.07) is 16.2.